The van der Waals surface area contributed by atoms with E-state index in [1.807, 2.05) is 30.5 Å². The van der Waals surface area contributed by atoms with Crippen LogP contribution in [0, 0.1) is 11.6 Å². The van der Waals surface area contributed by atoms with Gasteiger partial charge in [-0.25, -0.2) is 8.78 Å². The molecular formula is C21H20F2N2O. The molecule has 1 aliphatic rings. The SMILES string of the molecule is Oc1ccccc1CN1CCCn2cccc2[C@@H]1c1cccc(F)c1F. The lowest BCUT2D eigenvalue weighted by molar-refractivity contribution is 0.213. The highest BCUT2D eigenvalue weighted by atomic mass is 19.2. The van der Waals surface area contributed by atoms with Gasteiger partial charge in [0.1, 0.15) is 5.75 Å². The van der Waals surface area contributed by atoms with Crippen LogP contribution in [0.15, 0.2) is 60.8 Å². The summed E-state index contributed by atoms with van der Waals surface area (Å²) in [5.41, 5.74) is 2.03. The van der Waals surface area contributed by atoms with Crippen molar-refractivity contribution in [2.45, 2.75) is 25.6 Å². The fourth-order valence-corrected chi connectivity index (χ4v) is 3.76. The van der Waals surface area contributed by atoms with Crippen molar-refractivity contribution >= 4 is 0 Å². The van der Waals surface area contributed by atoms with Crippen LogP contribution in [-0.2, 0) is 13.1 Å². The van der Waals surface area contributed by atoms with Crippen molar-refractivity contribution in [3.8, 4) is 5.75 Å². The van der Waals surface area contributed by atoms with E-state index < -0.39 is 17.7 Å². The summed E-state index contributed by atoms with van der Waals surface area (Å²) in [5.74, 6) is -1.44. The molecule has 0 amide bonds. The third kappa shape index (κ3) is 2.99. The number of hydrogen-bond donors (Lipinski definition) is 1. The molecule has 0 fully saturated rings. The molecule has 134 valence electrons. The molecule has 5 heteroatoms. The highest BCUT2D eigenvalue weighted by molar-refractivity contribution is 5.34. The van der Waals surface area contributed by atoms with Gasteiger partial charge in [0.25, 0.3) is 0 Å². The predicted molar refractivity (Wildman–Crippen MR) is 95.8 cm³/mol. The van der Waals surface area contributed by atoms with Crippen molar-refractivity contribution < 1.29 is 13.9 Å². The van der Waals surface area contributed by atoms with Crippen LogP contribution in [0.1, 0.15) is 29.3 Å². The number of aryl methyl sites for hydroxylation is 1. The van der Waals surface area contributed by atoms with Gasteiger partial charge >= 0.3 is 0 Å². The van der Waals surface area contributed by atoms with Gasteiger partial charge in [0.05, 0.1) is 6.04 Å². The van der Waals surface area contributed by atoms with Crippen LogP contribution in [0.25, 0.3) is 0 Å². The molecule has 26 heavy (non-hydrogen) atoms. The zero-order chi connectivity index (χ0) is 18.1. The monoisotopic (exact) mass is 354 g/mol. The number of fused-ring (bicyclic) bond motifs is 1. The summed E-state index contributed by atoms with van der Waals surface area (Å²) in [6, 6.07) is 15.0. The van der Waals surface area contributed by atoms with E-state index in [1.54, 1.807) is 24.3 Å². The molecule has 0 radical (unpaired) electrons. The predicted octanol–water partition coefficient (Wildman–Crippen LogP) is 4.47. The first-order valence-corrected chi connectivity index (χ1v) is 8.75. The number of aromatic hydroxyl groups is 1. The molecule has 1 N–H and O–H groups in total. The van der Waals surface area contributed by atoms with Gasteiger partial charge in [0.15, 0.2) is 11.6 Å². The van der Waals surface area contributed by atoms with Crippen LogP contribution in [0.3, 0.4) is 0 Å². The van der Waals surface area contributed by atoms with Gasteiger partial charge in [-0.3, -0.25) is 4.90 Å². The van der Waals surface area contributed by atoms with Crippen molar-refractivity contribution in [1.82, 2.24) is 9.47 Å². The molecular weight excluding hydrogens is 334 g/mol. The Kier molecular flexibility index (Phi) is 4.47. The fraction of sp³-hybridized carbons (Fsp3) is 0.238. The third-order valence-corrected chi connectivity index (χ3v) is 5.00. The molecule has 1 aromatic heterocycles. The minimum atomic E-state index is -0.840. The second-order valence-electron chi connectivity index (χ2n) is 6.62. The summed E-state index contributed by atoms with van der Waals surface area (Å²) in [5, 5.41) is 10.2. The molecule has 3 nitrogen and oxygen atoms in total. The molecule has 0 bridgehead atoms. The topological polar surface area (TPSA) is 28.4 Å². The number of rotatable bonds is 3. The van der Waals surface area contributed by atoms with E-state index in [4.69, 9.17) is 0 Å². The first-order chi connectivity index (χ1) is 12.6. The first-order valence-electron chi connectivity index (χ1n) is 8.75. The second-order valence-corrected chi connectivity index (χ2v) is 6.62. The molecule has 0 spiro atoms. The maximum atomic E-state index is 14.7. The van der Waals surface area contributed by atoms with E-state index in [0.717, 1.165) is 36.8 Å². The maximum absolute atomic E-state index is 14.7. The van der Waals surface area contributed by atoms with Gasteiger partial charge in [-0.2, -0.15) is 0 Å². The number of halogens is 2. The standard InChI is InChI=1S/C21H20F2N2O/c22-17-8-3-7-16(20(17)23)21-18-9-4-11-24(18)12-5-13-25(21)14-15-6-1-2-10-19(15)26/h1-4,6-11,21,26H,5,12-14H2/t21-/m0/s1. The summed E-state index contributed by atoms with van der Waals surface area (Å²) in [4.78, 5) is 2.10. The Morgan fingerprint density at radius 2 is 1.81 bits per heavy atom. The van der Waals surface area contributed by atoms with Crippen molar-refractivity contribution in [2.75, 3.05) is 6.54 Å². The van der Waals surface area contributed by atoms with Crippen LogP contribution in [0.2, 0.25) is 0 Å². The Labute approximate surface area is 151 Å². The highest BCUT2D eigenvalue weighted by Crippen LogP contribution is 2.35. The summed E-state index contributed by atoms with van der Waals surface area (Å²) >= 11 is 0. The summed E-state index contributed by atoms with van der Waals surface area (Å²) < 4.78 is 30.7. The Balaban J connectivity index is 1.81. The van der Waals surface area contributed by atoms with E-state index in [9.17, 15) is 13.9 Å². The Morgan fingerprint density at radius 1 is 0.962 bits per heavy atom. The number of benzene rings is 2. The molecule has 0 unspecified atom stereocenters. The van der Waals surface area contributed by atoms with E-state index in [2.05, 4.69) is 9.47 Å². The Morgan fingerprint density at radius 3 is 2.65 bits per heavy atom. The molecule has 2 aromatic carbocycles. The van der Waals surface area contributed by atoms with Gasteiger partial charge in [-0.1, -0.05) is 30.3 Å². The van der Waals surface area contributed by atoms with Crippen molar-refractivity contribution in [3.05, 3.63) is 89.2 Å². The number of aromatic nitrogens is 1. The Hall–Kier alpha value is -2.66. The number of para-hydroxylation sites is 1. The smallest absolute Gasteiger partial charge is 0.163 e. The second kappa shape index (κ2) is 6.92. The van der Waals surface area contributed by atoms with Gasteiger partial charge < -0.3 is 9.67 Å². The molecule has 1 aliphatic heterocycles. The number of hydrogen-bond acceptors (Lipinski definition) is 2. The maximum Gasteiger partial charge on any atom is 0.163 e. The third-order valence-electron chi connectivity index (χ3n) is 5.00. The molecule has 1 atom stereocenters. The number of nitrogens with zero attached hydrogens (tertiary/aromatic N) is 2. The van der Waals surface area contributed by atoms with Crippen LogP contribution in [-0.4, -0.2) is 21.1 Å². The van der Waals surface area contributed by atoms with Crippen molar-refractivity contribution in [1.29, 1.82) is 0 Å². The summed E-state index contributed by atoms with van der Waals surface area (Å²) in [6.07, 6.45) is 2.87. The van der Waals surface area contributed by atoms with E-state index in [0.29, 0.717) is 12.1 Å². The number of phenolic OH excluding ortho intramolecular Hbond substituents is 1. The quantitative estimate of drug-likeness (QED) is 0.752. The molecule has 0 saturated heterocycles. The van der Waals surface area contributed by atoms with Gasteiger partial charge in [-0.15, -0.1) is 0 Å². The van der Waals surface area contributed by atoms with E-state index >= 15 is 0 Å². The molecule has 3 aromatic rings. The van der Waals surface area contributed by atoms with Gasteiger partial charge in [-0.05, 0) is 30.7 Å². The van der Waals surface area contributed by atoms with Crippen LogP contribution < -0.4 is 0 Å². The molecule has 0 aliphatic carbocycles. The average Bonchev–Trinajstić information content (AvgIpc) is 3.02. The van der Waals surface area contributed by atoms with Gasteiger partial charge in [0, 0.05) is 42.7 Å². The van der Waals surface area contributed by atoms with E-state index in [1.165, 1.54) is 0 Å². The summed E-state index contributed by atoms with van der Waals surface area (Å²) in [7, 11) is 0. The van der Waals surface area contributed by atoms with Crippen LogP contribution in [0.4, 0.5) is 8.78 Å². The van der Waals surface area contributed by atoms with Crippen molar-refractivity contribution in [3.63, 3.8) is 0 Å². The minimum absolute atomic E-state index is 0.214. The van der Waals surface area contributed by atoms with Crippen molar-refractivity contribution in [2.24, 2.45) is 0 Å². The zero-order valence-corrected chi connectivity index (χ0v) is 14.3. The summed E-state index contributed by atoms with van der Waals surface area (Å²) in [6.45, 7) is 2.00. The lowest BCUT2D eigenvalue weighted by atomic mass is 10.00. The molecule has 0 saturated carbocycles. The molecule has 2 heterocycles. The fourth-order valence-electron chi connectivity index (χ4n) is 3.76. The minimum Gasteiger partial charge on any atom is -0.508 e. The first kappa shape index (κ1) is 16.8. The lowest BCUT2D eigenvalue weighted by Gasteiger charge is -2.31. The zero-order valence-electron chi connectivity index (χ0n) is 14.3. The van der Waals surface area contributed by atoms with Gasteiger partial charge in [0.2, 0.25) is 0 Å². The Bertz CT molecular complexity index is 922. The lowest BCUT2D eigenvalue weighted by Crippen LogP contribution is -2.30. The van der Waals surface area contributed by atoms with Crippen LogP contribution in [0.5, 0.6) is 5.75 Å². The normalized spacial score (nSPS) is 17.7. The molecule has 4 rings (SSSR count). The average molecular weight is 354 g/mol. The number of phenols is 1. The largest absolute Gasteiger partial charge is 0.508 e. The van der Waals surface area contributed by atoms with E-state index in [-0.39, 0.29) is 5.75 Å². The highest BCUT2D eigenvalue weighted by Gasteiger charge is 2.30. The van der Waals surface area contributed by atoms with Crippen LogP contribution >= 0.6 is 0 Å².